The van der Waals surface area contributed by atoms with Gasteiger partial charge in [-0.15, -0.1) is 6.58 Å². The van der Waals surface area contributed by atoms with E-state index in [0.717, 1.165) is 5.56 Å². The average molecular weight is 414 g/mol. The van der Waals surface area contributed by atoms with Gasteiger partial charge in [-0.2, -0.15) is 4.98 Å². The second-order valence-corrected chi connectivity index (χ2v) is 6.53. The monoisotopic (exact) mass is 413 g/mol. The first-order valence-electron chi connectivity index (χ1n) is 8.75. The Labute approximate surface area is 173 Å². The van der Waals surface area contributed by atoms with Crippen molar-refractivity contribution < 1.29 is 18.8 Å². The minimum atomic E-state index is -0.242. The molecule has 0 saturated carbocycles. The molecule has 0 aliphatic carbocycles. The van der Waals surface area contributed by atoms with Gasteiger partial charge in [-0.25, -0.2) is 0 Å². The number of hydrogen-bond donors (Lipinski definition) is 0. The van der Waals surface area contributed by atoms with Gasteiger partial charge in [-0.3, -0.25) is 4.79 Å². The molecule has 1 amide bonds. The fraction of sp³-hybridized carbons (Fsp3) is 0.190. The third kappa shape index (κ3) is 4.94. The number of amides is 1. The average Bonchev–Trinajstić information content (AvgIpc) is 3.21. The lowest BCUT2D eigenvalue weighted by atomic mass is 10.1. The van der Waals surface area contributed by atoms with Gasteiger partial charge in [0.2, 0.25) is 11.7 Å². The molecule has 0 saturated heterocycles. The number of carbonyl (C=O) groups is 1. The van der Waals surface area contributed by atoms with Crippen molar-refractivity contribution in [2.45, 2.75) is 6.54 Å². The van der Waals surface area contributed by atoms with E-state index in [-0.39, 0.29) is 12.5 Å². The first-order valence-corrected chi connectivity index (χ1v) is 9.13. The lowest BCUT2D eigenvalue weighted by Crippen LogP contribution is -2.30. The van der Waals surface area contributed by atoms with Crippen LogP contribution in [0.2, 0.25) is 5.02 Å². The van der Waals surface area contributed by atoms with Gasteiger partial charge in [0.25, 0.3) is 5.91 Å². The zero-order valence-electron chi connectivity index (χ0n) is 16.1. The number of rotatable bonds is 8. The minimum absolute atomic E-state index is 0.130. The minimum Gasteiger partial charge on any atom is -0.497 e. The van der Waals surface area contributed by atoms with E-state index in [1.807, 2.05) is 0 Å². The summed E-state index contributed by atoms with van der Waals surface area (Å²) in [7, 11) is 3.06. The number of aromatic nitrogens is 2. The summed E-state index contributed by atoms with van der Waals surface area (Å²) in [6, 6.07) is 12.1. The van der Waals surface area contributed by atoms with Crippen molar-refractivity contribution in [3.63, 3.8) is 0 Å². The normalized spacial score (nSPS) is 10.4. The molecule has 150 valence electrons. The highest BCUT2D eigenvalue weighted by Crippen LogP contribution is 2.24. The largest absolute Gasteiger partial charge is 0.497 e. The predicted molar refractivity (Wildman–Crippen MR) is 109 cm³/mol. The smallest absolute Gasteiger partial charge is 0.254 e. The van der Waals surface area contributed by atoms with Gasteiger partial charge in [0, 0.05) is 28.8 Å². The predicted octanol–water partition coefficient (Wildman–Crippen LogP) is 4.24. The molecule has 1 heterocycles. The zero-order chi connectivity index (χ0) is 20.8. The summed E-state index contributed by atoms with van der Waals surface area (Å²) < 4.78 is 15.8. The van der Waals surface area contributed by atoms with Crippen molar-refractivity contribution in [1.82, 2.24) is 15.0 Å². The Balaban J connectivity index is 1.82. The Hall–Kier alpha value is -3.32. The maximum atomic E-state index is 13.1. The van der Waals surface area contributed by atoms with Crippen molar-refractivity contribution in [2.75, 3.05) is 20.8 Å². The number of methoxy groups -OCH3 is 2. The molecule has 0 unspecified atom stereocenters. The van der Waals surface area contributed by atoms with Crippen LogP contribution in [-0.2, 0) is 6.54 Å². The topological polar surface area (TPSA) is 77.7 Å². The van der Waals surface area contributed by atoms with Crippen LogP contribution >= 0.6 is 11.6 Å². The van der Waals surface area contributed by atoms with Gasteiger partial charge in [0.1, 0.15) is 18.0 Å². The Bertz CT molecular complexity index is 979. The molecule has 0 bridgehead atoms. The fourth-order valence-corrected chi connectivity index (χ4v) is 2.81. The van der Waals surface area contributed by atoms with Gasteiger partial charge in [0.05, 0.1) is 14.2 Å². The van der Waals surface area contributed by atoms with E-state index < -0.39 is 0 Å². The molecule has 8 heteroatoms. The van der Waals surface area contributed by atoms with Crippen LogP contribution in [0, 0.1) is 0 Å². The van der Waals surface area contributed by atoms with E-state index in [2.05, 4.69) is 16.7 Å². The van der Waals surface area contributed by atoms with E-state index in [4.69, 9.17) is 25.6 Å². The molecular formula is C21H20ClN3O4. The van der Waals surface area contributed by atoms with Crippen LogP contribution in [0.4, 0.5) is 0 Å². The summed E-state index contributed by atoms with van der Waals surface area (Å²) in [5.41, 5.74) is 1.18. The highest BCUT2D eigenvalue weighted by atomic mass is 35.5. The van der Waals surface area contributed by atoms with E-state index >= 15 is 0 Å². The van der Waals surface area contributed by atoms with Gasteiger partial charge in [-0.1, -0.05) is 22.8 Å². The lowest BCUT2D eigenvalue weighted by Gasteiger charge is -2.20. The highest BCUT2D eigenvalue weighted by molar-refractivity contribution is 6.30. The molecule has 0 N–H and O–H groups in total. The summed E-state index contributed by atoms with van der Waals surface area (Å²) >= 11 is 5.91. The molecular weight excluding hydrogens is 394 g/mol. The van der Waals surface area contributed by atoms with Gasteiger partial charge >= 0.3 is 0 Å². The van der Waals surface area contributed by atoms with Gasteiger partial charge in [-0.05, 0) is 36.4 Å². The summed E-state index contributed by atoms with van der Waals surface area (Å²) in [6.07, 6.45) is 1.63. The first kappa shape index (κ1) is 20.4. The molecule has 3 rings (SSSR count). The zero-order valence-corrected chi connectivity index (χ0v) is 16.8. The van der Waals surface area contributed by atoms with Crippen LogP contribution in [0.1, 0.15) is 16.2 Å². The van der Waals surface area contributed by atoms with Crippen molar-refractivity contribution >= 4 is 17.5 Å². The van der Waals surface area contributed by atoms with E-state index in [9.17, 15) is 4.79 Å². The number of benzene rings is 2. The van der Waals surface area contributed by atoms with E-state index in [1.54, 1.807) is 53.4 Å². The molecule has 3 aromatic rings. The van der Waals surface area contributed by atoms with Crippen LogP contribution < -0.4 is 9.47 Å². The second kappa shape index (κ2) is 9.25. The van der Waals surface area contributed by atoms with Crippen LogP contribution in [0.15, 0.2) is 59.6 Å². The van der Waals surface area contributed by atoms with E-state index in [1.165, 1.54) is 14.2 Å². The molecule has 0 atom stereocenters. The summed E-state index contributed by atoms with van der Waals surface area (Å²) in [5, 5.41) is 4.60. The quantitative estimate of drug-likeness (QED) is 0.514. The molecule has 29 heavy (non-hydrogen) atoms. The number of halogens is 1. The van der Waals surface area contributed by atoms with Crippen LogP contribution in [0.25, 0.3) is 11.4 Å². The molecule has 7 nitrogen and oxygen atoms in total. The molecule has 0 fully saturated rings. The summed E-state index contributed by atoms with van der Waals surface area (Å²) in [6.45, 7) is 4.16. The maximum absolute atomic E-state index is 13.1. The van der Waals surface area contributed by atoms with Crippen molar-refractivity contribution in [3.05, 3.63) is 71.6 Å². The standard InChI is InChI=1S/C21H20ClN3O4/c1-4-9-25(21(26)15-10-17(27-2)12-18(11-15)28-3)13-19-23-20(24-29-19)14-5-7-16(22)8-6-14/h4-8,10-12H,1,9,13H2,2-3H3. The van der Waals surface area contributed by atoms with Crippen molar-refractivity contribution in [2.24, 2.45) is 0 Å². The third-order valence-electron chi connectivity index (χ3n) is 4.13. The van der Waals surface area contributed by atoms with Crippen LogP contribution in [0.3, 0.4) is 0 Å². The highest BCUT2D eigenvalue weighted by Gasteiger charge is 2.20. The molecule has 0 radical (unpaired) electrons. The molecule has 0 aliphatic rings. The molecule has 0 aliphatic heterocycles. The maximum Gasteiger partial charge on any atom is 0.254 e. The van der Waals surface area contributed by atoms with Crippen molar-refractivity contribution in [1.29, 1.82) is 0 Å². The number of hydrogen-bond acceptors (Lipinski definition) is 6. The first-order chi connectivity index (χ1) is 14.0. The van der Waals surface area contributed by atoms with E-state index in [0.29, 0.717) is 40.3 Å². The Morgan fingerprint density at radius 1 is 1.17 bits per heavy atom. The number of nitrogens with zero attached hydrogens (tertiary/aromatic N) is 3. The van der Waals surface area contributed by atoms with Gasteiger partial charge in [0.15, 0.2) is 0 Å². The SMILES string of the molecule is C=CCN(Cc1nc(-c2ccc(Cl)cc2)no1)C(=O)c1cc(OC)cc(OC)c1. The molecule has 2 aromatic carbocycles. The van der Waals surface area contributed by atoms with Gasteiger partial charge < -0.3 is 18.9 Å². The Morgan fingerprint density at radius 2 is 1.83 bits per heavy atom. The summed E-state index contributed by atoms with van der Waals surface area (Å²) in [4.78, 5) is 19.0. The lowest BCUT2D eigenvalue weighted by molar-refractivity contribution is 0.0744. The summed E-state index contributed by atoms with van der Waals surface area (Å²) in [5.74, 6) is 1.53. The Morgan fingerprint density at radius 3 is 2.41 bits per heavy atom. The van der Waals surface area contributed by atoms with Crippen LogP contribution in [0.5, 0.6) is 11.5 Å². The van der Waals surface area contributed by atoms with Crippen LogP contribution in [-0.4, -0.2) is 41.7 Å². The molecule has 1 aromatic heterocycles. The third-order valence-corrected chi connectivity index (χ3v) is 4.38. The Kier molecular flexibility index (Phi) is 6.51. The fourth-order valence-electron chi connectivity index (χ4n) is 2.69. The number of ether oxygens (including phenoxy) is 2. The second-order valence-electron chi connectivity index (χ2n) is 6.09. The van der Waals surface area contributed by atoms with Crippen molar-refractivity contribution in [3.8, 4) is 22.9 Å². The molecule has 0 spiro atoms. The number of carbonyl (C=O) groups excluding carboxylic acids is 1.